The van der Waals surface area contributed by atoms with Gasteiger partial charge in [-0.1, -0.05) is 12.1 Å². The molecule has 2 rings (SSSR count). The van der Waals surface area contributed by atoms with Crippen LogP contribution in [0.1, 0.15) is 22.1 Å². The van der Waals surface area contributed by atoms with Crippen LogP contribution >= 0.6 is 11.8 Å². The van der Waals surface area contributed by atoms with Crippen molar-refractivity contribution in [3.05, 3.63) is 35.4 Å². The van der Waals surface area contributed by atoms with Crippen molar-refractivity contribution < 1.29 is 45.7 Å². The third kappa shape index (κ3) is 3.25. The SMILES string of the molecule is O=C(O)c1ccccc1C(=O)N1CCSC1.[H-].[Na+]. The molecule has 0 radical (unpaired) electrons. The van der Waals surface area contributed by atoms with Crippen LogP contribution < -0.4 is 29.6 Å². The van der Waals surface area contributed by atoms with Crippen LogP contribution in [-0.4, -0.2) is 40.1 Å². The van der Waals surface area contributed by atoms with E-state index in [1.165, 1.54) is 6.07 Å². The summed E-state index contributed by atoms with van der Waals surface area (Å²) in [5.74, 6) is 0.312. The van der Waals surface area contributed by atoms with Gasteiger partial charge in [0.2, 0.25) is 0 Å². The summed E-state index contributed by atoms with van der Waals surface area (Å²) in [5.41, 5.74) is 0.349. The average molecular weight is 261 g/mol. The molecule has 0 saturated carbocycles. The largest absolute Gasteiger partial charge is 1.00 e. The second-order valence-electron chi connectivity index (χ2n) is 3.46. The van der Waals surface area contributed by atoms with Crippen LogP contribution in [0.25, 0.3) is 0 Å². The van der Waals surface area contributed by atoms with Gasteiger partial charge in [0.15, 0.2) is 0 Å². The van der Waals surface area contributed by atoms with Crippen molar-refractivity contribution in [3.8, 4) is 0 Å². The fraction of sp³-hybridized carbons (Fsp3) is 0.273. The molecule has 1 fully saturated rings. The van der Waals surface area contributed by atoms with E-state index < -0.39 is 5.97 Å². The molecule has 1 aliphatic rings. The first-order valence-corrected chi connectivity index (χ1v) is 6.05. The molecule has 0 unspecified atom stereocenters. The quantitative estimate of drug-likeness (QED) is 0.669. The van der Waals surface area contributed by atoms with E-state index in [4.69, 9.17) is 5.11 Å². The van der Waals surface area contributed by atoms with Gasteiger partial charge < -0.3 is 11.4 Å². The fourth-order valence-corrected chi connectivity index (χ4v) is 2.55. The van der Waals surface area contributed by atoms with Gasteiger partial charge in [0, 0.05) is 12.3 Å². The van der Waals surface area contributed by atoms with Crippen LogP contribution in [0.5, 0.6) is 0 Å². The number of carboxylic acid groups (broad SMARTS) is 1. The molecule has 1 aromatic carbocycles. The standard InChI is InChI=1S/C11H11NO3S.Na.H/c13-10(12-5-6-16-7-12)8-3-1-2-4-9(8)11(14)15;;/h1-4H,5-7H2,(H,14,15);;/q;+1;-1. The predicted octanol–water partition coefficient (Wildman–Crippen LogP) is -1.35. The Morgan fingerprint density at radius 1 is 1.29 bits per heavy atom. The zero-order valence-electron chi connectivity index (χ0n) is 10.5. The van der Waals surface area contributed by atoms with Crippen LogP contribution in [0.2, 0.25) is 0 Å². The molecular formula is C11H12NNaO3S. The fourth-order valence-electron chi connectivity index (χ4n) is 1.60. The van der Waals surface area contributed by atoms with Gasteiger partial charge in [0.1, 0.15) is 0 Å². The number of amides is 1. The molecule has 6 heteroatoms. The molecule has 1 aromatic rings. The van der Waals surface area contributed by atoms with Crippen LogP contribution in [0, 0.1) is 0 Å². The Kier molecular flexibility index (Phi) is 5.52. The number of hydrogen-bond acceptors (Lipinski definition) is 3. The van der Waals surface area contributed by atoms with Crippen molar-refractivity contribution in [3.63, 3.8) is 0 Å². The molecule has 1 N–H and O–H groups in total. The normalized spacial score (nSPS) is 14.2. The minimum atomic E-state index is -1.06. The maximum absolute atomic E-state index is 12.0. The summed E-state index contributed by atoms with van der Waals surface area (Å²) in [6.07, 6.45) is 0. The number of aromatic carboxylic acids is 1. The van der Waals surface area contributed by atoms with Crippen LogP contribution in [-0.2, 0) is 0 Å². The maximum Gasteiger partial charge on any atom is 1.00 e. The first-order valence-electron chi connectivity index (χ1n) is 4.89. The minimum Gasteiger partial charge on any atom is -1.00 e. The van der Waals surface area contributed by atoms with E-state index in [1.54, 1.807) is 34.9 Å². The van der Waals surface area contributed by atoms with E-state index in [-0.39, 0.29) is 48.0 Å². The second kappa shape index (κ2) is 6.44. The number of thioether (sulfide) groups is 1. The summed E-state index contributed by atoms with van der Waals surface area (Å²) >= 11 is 1.68. The molecule has 4 nitrogen and oxygen atoms in total. The number of carbonyl (C=O) groups excluding carboxylic acids is 1. The molecule has 17 heavy (non-hydrogen) atoms. The third-order valence-electron chi connectivity index (χ3n) is 2.43. The van der Waals surface area contributed by atoms with Crippen molar-refractivity contribution >= 4 is 23.6 Å². The molecule has 1 saturated heterocycles. The smallest absolute Gasteiger partial charge is 1.00 e. The first kappa shape index (κ1) is 14.6. The number of hydrogen-bond donors (Lipinski definition) is 1. The van der Waals surface area contributed by atoms with Crippen molar-refractivity contribution in [2.24, 2.45) is 0 Å². The second-order valence-corrected chi connectivity index (χ2v) is 4.53. The molecular weight excluding hydrogens is 249 g/mol. The van der Waals surface area contributed by atoms with E-state index in [2.05, 4.69) is 0 Å². The van der Waals surface area contributed by atoms with Gasteiger partial charge in [0.25, 0.3) is 5.91 Å². The zero-order chi connectivity index (χ0) is 11.5. The maximum atomic E-state index is 12.0. The Labute approximate surface area is 127 Å². The number of carboxylic acids is 1. The Hall–Kier alpha value is -0.490. The van der Waals surface area contributed by atoms with E-state index >= 15 is 0 Å². The Morgan fingerprint density at radius 2 is 1.94 bits per heavy atom. The van der Waals surface area contributed by atoms with E-state index in [1.807, 2.05) is 0 Å². The Balaban J connectivity index is 0.00000144. The van der Waals surface area contributed by atoms with Gasteiger partial charge in [-0.3, -0.25) is 4.79 Å². The summed E-state index contributed by atoms with van der Waals surface area (Å²) in [6, 6.07) is 6.33. The van der Waals surface area contributed by atoms with E-state index in [0.29, 0.717) is 12.4 Å². The van der Waals surface area contributed by atoms with Crippen molar-refractivity contribution in [1.29, 1.82) is 0 Å². The Bertz CT molecular complexity index is 438. The van der Waals surface area contributed by atoms with E-state index in [9.17, 15) is 9.59 Å². The molecule has 0 aromatic heterocycles. The van der Waals surface area contributed by atoms with Gasteiger partial charge in [0.05, 0.1) is 17.0 Å². The van der Waals surface area contributed by atoms with Crippen molar-refractivity contribution in [1.82, 2.24) is 4.90 Å². The van der Waals surface area contributed by atoms with Gasteiger partial charge in [-0.15, -0.1) is 11.8 Å². The molecule has 0 aliphatic carbocycles. The van der Waals surface area contributed by atoms with Crippen LogP contribution in [0.15, 0.2) is 24.3 Å². The molecule has 0 atom stereocenters. The predicted molar refractivity (Wildman–Crippen MR) is 62.9 cm³/mol. The first-order chi connectivity index (χ1) is 7.70. The zero-order valence-corrected chi connectivity index (χ0v) is 12.4. The summed E-state index contributed by atoms with van der Waals surface area (Å²) in [4.78, 5) is 24.7. The number of carbonyl (C=O) groups is 2. The molecule has 1 heterocycles. The van der Waals surface area contributed by atoms with Crippen molar-refractivity contribution in [2.75, 3.05) is 18.2 Å². The molecule has 0 bridgehead atoms. The Morgan fingerprint density at radius 3 is 2.47 bits per heavy atom. The third-order valence-corrected chi connectivity index (χ3v) is 3.39. The number of benzene rings is 1. The minimum absolute atomic E-state index is 0. The average Bonchev–Trinajstić information content (AvgIpc) is 2.81. The molecule has 0 spiro atoms. The van der Waals surface area contributed by atoms with Gasteiger partial charge >= 0.3 is 35.5 Å². The van der Waals surface area contributed by atoms with Gasteiger partial charge in [-0.25, -0.2) is 4.79 Å². The van der Waals surface area contributed by atoms with Gasteiger partial charge in [-0.2, -0.15) is 0 Å². The van der Waals surface area contributed by atoms with Crippen LogP contribution in [0.4, 0.5) is 0 Å². The summed E-state index contributed by atoms with van der Waals surface area (Å²) in [6.45, 7) is 0.692. The summed E-state index contributed by atoms with van der Waals surface area (Å²) in [5, 5.41) is 8.98. The molecule has 1 amide bonds. The number of rotatable bonds is 2. The molecule has 86 valence electrons. The van der Waals surface area contributed by atoms with E-state index in [0.717, 1.165) is 5.75 Å². The molecule has 1 aliphatic heterocycles. The van der Waals surface area contributed by atoms with Gasteiger partial charge in [-0.05, 0) is 12.1 Å². The monoisotopic (exact) mass is 261 g/mol. The van der Waals surface area contributed by atoms with Crippen LogP contribution in [0.3, 0.4) is 0 Å². The van der Waals surface area contributed by atoms with Crippen molar-refractivity contribution in [2.45, 2.75) is 0 Å². The number of nitrogens with zero attached hydrogens (tertiary/aromatic N) is 1. The summed E-state index contributed by atoms with van der Waals surface area (Å²) < 4.78 is 0. The topological polar surface area (TPSA) is 57.6 Å². The summed E-state index contributed by atoms with van der Waals surface area (Å²) in [7, 11) is 0.